The first-order valence-electron chi connectivity index (χ1n) is 9.99. The Bertz CT molecular complexity index is 1260. The van der Waals surface area contributed by atoms with Crippen LogP contribution in [0.4, 0.5) is 21.6 Å². The molecule has 0 saturated carbocycles. The minimum Gasteiger partial charge on any atom is -0.494 e. The number of halogens is 1. The zero-order valence-corrected chi connectivity index (χ0v) is 17.6. The van der Waals surface area contributed by atoms with Crippen LogP contribution in [0.5, 0.6) is 17.2 Å². The normalized spacial score (nSPS) is 10.6. The van der Waals surface area contributed by atoms with Crippen molar-refractivity contribution in [2.24, 2.45) is 0 Å². The Morgan fingerprint density at radius 1 is 1.03 bits per heavy atom. The summed E-state index contributed by atoms with van der Waals surface area (Å²) in [5.74, 6) is 1.60. The number of amides is 1. The lowest BCUT2D eigenvalue weighted by Crippen LogP contribution is -2.10. The molecule has 0 aliphatic rings. The van der Waals surface area contributed by atoms with Crippen molar-refractivity contribution >= 4 is 34.0 Å². The van der Waals surface area contributed by atoms with Crippen LogP contribution in [0.2, 0.25) is 0 Å². The zero-order chi connectivity index (χ0) is 22.5. The second-order valence-corrected chi connectivity index (χ2v) is 6.90. The fourth-order valence-electron chi connectivity index (χ4n) is 3.10. The van der Waals surface area contributed by atoms with Crippen molar-refractivity contribution < 1.29 is 18.7 Å². The van der Waals surface area contributed by atoms with Crippen LogP contribution >= 0.6 is 0 Å². The first kappa shape index (κ1) is 21.0. The van der Waals surface area contributed by atoms with Gasteiger partial charge in [0.25, 0.3) is 0 Å². The van der Waals surface area contributed by atoms with E-state index in [2.05, 4.69) is 20.6 Å². The standard InChI is InChI=1S/C24H21FN4O3/c1-3-23(30)29-21-12-19-20(13-22(21)31-2)26-14-27-24(19)28-16-7-9-17(10-8-16)32-18-6-4-5-15(25)11-18/h4-14H,3H2,1-2H3,(H,29,30)(H,26,27,28). The van der Waals surface area contributed by atoms with Crippen LogP contribution < -0.4 is 20.1 Å². The van der Waals surface area contributed by atoms with Crippen molar-refractivity contribution in [2.45, 2.75) is 13.3 Å². The van der Waals surface area contributed by atoms with Gasteiger partial charge in [-0.05, 0) is 42.5 Å². The molecule has 1 aromatic heterocycles. The molecule has 32 heavy (non-hydrogen) atoms. The maximum Gasteiger partial charge on any atom is 0.224 e. The van der Waals surface area contributed by atoms with Gasteiger partial charge in [-0.3, -0.25) is 4.79 Å². The summed E-state index contributed by atoms with van der Waals surface area (Å²) in [5.41, 5.74) is 1.98. The van der Waals surface area contributed by atoms with Crippen molar-refractivity contribution in [3.05, 3.63) is 72.8 Å². The summed E-state index contributed by atoms with van der Waals surface area (Å²) < 4.78 is 24.4. The molecule has 0 radical (unpaired) electrons. The smallest absolute Gasteiger partial charge is 0.224 e. The molecule has 4 rings (SSSR count). The maximum atomic E-state index is 13.3. The monoisotopic (exact) mass is 432 g/mol. The number of ether oxygens (including phenoxy) is 2. The zero-order valence-electron chi connectivity index (χ0n) is 17.6. The molecule has 1 amide bonds. The molecule has 0 spiro atoms. The van der Waals surface area contributed by atoms with E-state index in [0.29, 0.717) is 40.7 Å². The predicted octanol–water partition coefficient (Wildman–Crippen LogP) is 5.66. The molecule has 0 fully saturated rings. The molecule has 4 aromatic rings. The van der Waals surface area contributed by atoms with Crippen LogP contribution in [0.3, 0.4) is 0 Å². The Morgan fingerprint density at radius 2 is 1.84 bits per heavy atom. The highest BCUT2D eigenvalue weighted by atomic mass is 19.1. The van der Waals surface area contributed by atoms with Gasteiger partial charge in [0.1, 0.15) is 35.2 Å². The molecule has 0 aliphatic carbocycles. The largest absolute Gasteiger partial charge is 0.494 e. The highest BCUT2D eigenvalue weighted by Crippen LogP contribution is 2.33. The lowest BCUT2D eigenvalue weighted by molar-refractivity contribution is -0.115. The number of nitrogens with one attached hydrogen (secondary N) is 2. The van der Waals surface area contributed by atoms with Gasteiger partial charge in [0.15, 0.2) is 0 Å². The molecule has 0 unspecified atom stereocenters. The number of hydrogen-bond donors (Lipinski definition) is 2. The van der Waals surface area contributed by atoms with Gasteiger partial charge in [0.05, 0.1) is 18.3 Å². The number of hydrogen-bond acceptors (Lipinski definition) is 6. The van der Waals surface area contributed by atoms with Gasteiger partial charge in [-0.1, -0.05) is 13.0 Å². The molecule has 0 saturated heterocycles. The number of benzene rings is 3. The molecule has 1 heterocycles. The minimum absolute atomic E-state index is 0.122. The van der Waals surface area contributed by atoms with E-state index in [-0.39, 0.29) is 11.7 Å². The third-order valence-electron chi connectivity index (χ3n) is 4.70. The van der Waals surface area contributed by atoms with Gasteiger partial charge in [-0.25, -0.2) is 14.4 Å². The number of anilines is 3. The third-order valence-corrected chi connectivity index (χ3v) is 4.70. The van der Waals surface area contributed by atoms with Crippen LogP contribution in [0.25, 0.3) is 10.9 Å². The van der Waals surface area contributed by atoms with Crippen molar-refractivity contribution in [3.8, 4) is 17.2 Å². The Labute approximate surface area is 184 Å². The van der Waals surface area contributed by atoms with Gasteiger partial charge < -0.3 is 20.1 Å². The van der Waals surface area contributed by atoms with Gasteiger partial charge >= 0.3 is 0 Å². The minimum atomic E-state index is -0.359. The van der Waals surface area contributed by atoms with Crippen molar-refractivity contribution in [1.29, 1.82) is 0 Å². The van der Waals surface area contributed by atoms with Crippen LogP contribution in [-0.4, -0.2) is 23.0 Å². The Hall–Kier alpha value is -4.20. The van der Waals surface area contributed by atoms with Crippen LogP contribution in [0, 0.1) is 5.82 Å². The average molecular weight is 432 g/mol. The molecule has 0 atom stereocenters. The molecular weight excluding hydrogens is 411 g/mol. The second kappa shape index (κ2) is 9.30. The Morgan fingerprint density at radius 3 is 2.56 bits per heavy atom. The number of aromatic nitrogens is 2. The van der Waals surface area contributed by atoms with Crippen LogP contribution in [0.1, 0.15) is 13.3 Å². The number of methoxy groups -OCH3 is 1. The molecule has 8 heteroatoms. The second-order valence-electron chi connectivity index (χ2n) is 6.90. The Kier molecular flexibility index (Phi) is 6.12. The SMILES string of the molecule is CCC(=O)Nc1cc2c(Nc3ccc(Oc4cccc(F)c4)cc3)ncnc2cc1OC. The van der Waals surface area contributed by atoms with Gasteiger partial charge in [0, 0.05) is 29.6 Å². The van der Waals surface area contributed by atoms with Crippen LogP contribution in [0.15, 0.2) is 67.0 Å². The van der Waals surface area contributed by atoms with E-state index >= 15 is 0 Å². The molecule has 0 bridgehead atoms. The lowest BCUT2D eigenvalue weighted by atomic mass is 10.1. The van der Waals surface area contributed by atoms with E-state index in [0.717, 1.165) is 11.1 Å². The topological polar surface area (TPSA) is 85.4 Å². The summed E-state index contributed by atoms with van der Waals surface area (Å²) in [5, 5.41) is 6.82. The van der Waals surface area contributed by atoms with Gasteiger partial charge in [-0.2, -0.15) is 0 Å². The van der Waals surface area contributed by atoms with E-state index in [9.17, 15) is 9.18 Å². The third kappa shape index (κ3) is 4.75. The van der Waals surface area contributed by atoms with E-state index in [4.69, 9.17) is 9.47 Å². The highest BCUT2D eigenvalue weighted by molar-refractivity contribution is 5.99. The van der Waals surface area contributed by atoms with E-state index < -0.39 is 0 Å². The Balaban J connectivity index is 1.59. The summed E-state index contributed by atoms with van der Waals surface area (Å²) in [7, 11) is 1.54. The molecule has 7 nitrogen and oxygen atoms in total. The summed E-state index contributed by atoms with van der Waals surface area (Å²) in [6, 6.07) is 16.7. The predicted molar refractivity (Wildman–Crippen MR) is 121 cm³/mol. The number of rotatable bonds is 7. The molecular formula is C24H21FN4O3. The summed E-state index contributed by atoms with van der Waals surface area (Å²) in [4.78, 5) is 20.6. The van der Waals surface area contributed by atoms with Crippen molar-refractivity contribution in [2.75, 3.05) is 17.7 Å². The highest BCUT2D eigenvalue weighted by Gasteiger charge is 2.12. The summed E-state index contributed by atoms with van der Waals surface area (Å²) in [6.07, 6.45) is 1.80. The average Bonchev–Trinajstić information content (AvgIpc) is 2.80. The van der Waals surface area contributed by atoms with Crippen LogP contribution in [-0.2, 0) is 4.79 Å². The lowest BCUT2D eigenvalue weighted by Gasteiger charge is -2.14. The number of carbonyl (C=O) groups excluding carboxylic acids is 1. The summed E-state index contributed by atoms with van der Waals surface area (Å²) >= 11 is 0. The van der Waals surface area contributed by atoms with Crippen molar-refractivity contribution in [3.63, 3.8) is 0 Å². The van der Waals surface area contributed by atoms with E-state index in [1.54, 1.807) is 43.3 Å². The van der Waals surface area contributed by atoms with Crippen molar-refractivity contribution in [1.82, 2.24) is 9.97 Å². The quantitative estimate of drug-likeness (QED) is 0.392. The summed E-state index contributed by atoms with van der Waals surface area (Å²) in [6.45, 7) is 1.78. The van der Waals surface area contributed by atoms with E-state index in [1.165, 1.54) is 25.6 Å². The fraction of sp³-hybridized carbons (Fsp3) is 0.125. The number of fused-ring (bicyclic) bond motifs is 1. The van der Waals surface area contributed by atoms with Gasteiger partial charge in [-0.15, -0.1) is 0 Å². The molecule has 3 aromatic carbocycles. The maximum absolute atomic E-state index is 13.3. The number of nitrogens with zero attached hydrogens (tertiary/aromatic N) is 2. The fourth-order valence-corrected chi connectivity index (χ4v) is 3.10. The van der Waals surface area contributed by atoms with E-state index in [1.807, 2.05) is 12.1 Å². The molecule has 2 N–H and O–H groups in total. The first-order valence-corrected chi connectivity index (χ1v) is 9.99. The molecule has 0 aliphatic heterocycles. The van der Waals surface area contributed by atoms with Gasteiger partial charge in [0.2, 0.25) is 5.91 Å². The first-order chi connectivity index (χ1) is 15.6. The number of carbonyl (C=O) groups is 1. The molecule has 162 valence electrons.